The molecule has 0 amide bonds. The summed E-state index contributed by atoms with van der Waals surface area (Å²) in [7, 11) is 0. The molecule has 7 heteroatoms. The van der Waals surface area contributed by atoms with Crippen LogP contribution in [0.5, 0.6) is 5.75 Å². The van der Waals surface area contributed by atoms with Gasteiger partial charge in [0.05, 0.1) is 0 Å². The molecule has 23 heavy (non-hydrogen) atoms. The number of carboxylic acids is 2. The van der Waals surface area contributed by atoms with Crippen molar-refractivity contribution in [1.29, 1.82) is 0 Å². The molecule has 2 heterocycles. The Morgan fingerprint density at radius 2 is 1.52 bits per heavy atom. The maximum absolute atomic E-state index is 11.5. The van der Waals surface area contributed by atoms with Gasteiger partial charge in [0.1, 0.15) is 15.5 Å². The highest BCUT2D eigenvalue weighted by Crippen LogP contribution is 2.40. The molecule has 5 nitrogen and oxygen atoms in total. The Kier molecular flexibility index (Phi) is 3.89. The molecule has 0 fully saturated rings. The van der Waals surface area contributed by atoms with Crippen LogP contribution in [0.25, 0.3) is 20.9 Å². The van der Waals surface area contributed by atoms with Gasteiger partial charge in [0.2, 0.25) is 0 Å². The molecule has 0 aliphatic carbocycles. The van der Waals surface area contributed by atoms with E-state index in [0.717, 1.165) is 22.7 Å². The quantitative estimate of drug-likeness (QED) is 0.656. The highest BCUT2D eigenvalue weighted by molar-refractivity contribution is 7.24. The van der Waals surface area contributed by atoms with E-state index in [1.54, 1.807) is 24.3 Å². The molecule has 0 saturated carbocycles. The zero-order valence-corrected chi connectivity index (χ0v) is 13.1. The van der Waals surface area contributed by atoms with Gasteiger partial charge in [0, 0.05) is 15.3 Å². The molecule has 0 atom stereocenters. The second kappa shape index (κ2) is 5.86. The van der Waals surface area contributed by atoms with Crippen LogP contribution in [0.1, 0.15) is 19.3 Å². The Balaban J connectivity index is 2.09. The van der Waals surface area contributed by atoms with Crippen molar-refractivity contribution in [2.75, 3.05) is 0 Å². The molecule has 3 rings (SSSR count). The van der Waals surface area contributed by atoms with Gasteiger partial charge in [-0.1, -0.05) is 12.1 Å². The van der Waals surface area contributed by atoms with E-state index in [1.165, 1.54) is 18.2 Å². The van der Waals surface area contributed by atoms with Crippen molar-refractivity contribution in [3.8, 4) is 26.6 Å². The molecule has 0 spiro atoms. The third kappa shape index (κ3) is 2.96. The predicted molar refractivity (Wildman–Crippen MR) is 88.7 cm³/mol. The Bertz CT molecular complexity index is 890. The summed E-state index contributed by atoms with van der Waals surface area (Å²) in [4.78, 5) is 24.3. The molecule has 1 aromatic carbocycles. The molecule has 0 saturated heterocycles. The average molecular weight is 346 g/mol. The van der Waals surface area contributed by atoms with E-state index < -0.39 is 11.9 Å². The van der Waals surface area contributed by atoms with Crippen LogP contribution in [0.3, 0.4) is 0 Å². The maximum atomic E-state index is 11.5. The summed E-state index contributed by atoms with van der Waals surface area (Å²) in [5, 5.41) is 27.8. The summed E-state index contributed by atoms with van der Waals surface area (Å²) in [5.74, 6) is -1.94. The SMILES string of the molecule is O=C(O)c1ccc(-c2cc(-c3ccc(O)cc3)c(C(=O)O)s2)s1. The fourth-order valence-electron chi connectivity index (χ4n) is 2.11. The van der Waals surface area contributed by atoms with Crippen LogP contribution in [0.2, 0.25) is 0 Å². The van der Waals surface area contributed by atoms with Crippen molar-refractivity contribution < 1.29 is 24.9 Å². The minimum atomic E-state index is -1.04. The number of aromatic hydroxyl groups is 1. The van der Waals surface area contributed by atoms with E-state index in [-0.39, 0.29) is 15.5 Å². The Morgan fingerprint density at radius 1 is 0.826 bits per heavy atom. The van der Waals surface area contributed by atoms with Gasteiger partial charge >= 0.3 is 11.9 Å². The normalized spacial score (nSPS) is 10.6. The third-order valence-electron chi connectivity index (χ3n) is 3.16. The Hall–Kier alpha value is -2.64. The molecule has 0 aliphatic heterocycles. The number of carboxylic acid groups (broad SMARTS) is 2. The molecule has 0 unspecified atom stereocenters. The number of phenolic OH excluding ortho intramolecular Hbond substituents is 1. The minimum absolute atomic E-state index is 0.102. The molecule has 2 aromatic heterocycles. The summed E-state index contributed by atoms with van der Waals surface area (Å²) in [5.41, 5.74) is 1.22. The first-order valence-electron chi connectivity index (χ1n) is 6.45. The Labute approximate surface area is 138 Å². The molecule has 3 aromatic rings. The number of thiophene rings is 2. The maximum Gasteiger partial charge on any atom is 0.346 e. The first kappa shape index (κ1) is 15.3. The smallest absolute Gasteiger partial charge is 0.346 e. The van der Waals surface area contributed by atoms with E-state index in [2.05, 4.69) is 0 Å². The van der Waals surface area contributed by atoms with Gasteiger partial charge in [0.15, 0.2) is 0 Å². The molecular weight excluding hydrogens is 336 g/mol. The van der Waals surface area contributed by atoms with Crippen LogP contribution < -0.4 is 0 Å². The number of phenols is 1. The standard InChI is InChI=1S/C16H10O5S2/c17-9-3-1-8(2-4-9)10-7-13(23-14(10)16(20)21)11-5-6-12(22-11)15(18)19/h1-7,17H,(H,18,19)(H,20,21). The summed E-state index contributed by atoms with van der Waals surface area (Å²) >= 11 is 2.20. The van der Waals surface area contributed by atoms with Crippen LogP contribution >= 0.6 is 22.7 Å². The van der Waals surface area contributed by atoms with E-state index in [0.29, 0.717) is 20.9 Å². The second-order valence-electron chi connectivity index (χ2n) is 4.67. The summed E-state index contributed by atoms with van der Waals surface area (Å²) in [6.45, 7) is 0. The zero-order chi connectivity index (χ0) is 16.6. The van der Waals surface area contributed by atoms with Crippen molar-refractivity contribution >= 4 is 34.6 Å². The lowest BCUT2D eigenvalue weighted by molar-refractivity contribution is 0.0691. The highest BCUT2D eigenvalue weighted by atomic mass is 32.1. The van der Waals surface area contributed by atoms with Gasteiger partial charge < -0.3 is 15.3 Å². The minimum Gasteiger partial charge on any atom is -0.508 e. The monoisotopic (exact) mass is 346 g/mol. The van der Waals surface area contributed by atoms with Crippen LogP contribution in [-0.2, 0) is 0 Å². The van der Waals surface area contributed by atoms with Crippen molar-refractivity contribution in [1.82, 2.24) is 0 Å². The van der Waals surface area contributed by atoms with Gasteiger partial charge in [0.25, 0.3) is 0 Å². The van der Waals surface area contributed by atoms with Gasteiger partial charge in [-0.25, -0.2) is 9.59 Å². The lowest BCUT2D eigenvalue weighted by atomic mass is 10.1. The molecular formula is C16H10O5S2. The summed E-state index contributed by atoms with van der Waals surface area (Å²) in [6.07, 6.45) is 0. The molecule has 116 valence electrons. The summed E-state index contributed by atoms with van der Waals surface area (Å²) < 4.78 is 0. The number of rotatable bonds is 4. The van der Waals surface area contributed by atoms with Gasteiger partial charge in [-0.2, -0.15) is 0 Å². The van der Waals surface area contributed by atoms with E-state index in [9.17, 15) is 19.8 Å². The fraction of sp³-hybridized carbons (Fsp3) is 0. The van der Waals surface area contributed by atoms with Crippen molar-refractivity contribution in [2.45, 2.75) is 0 Å². The van der Waals surface area contributed by atoms with Crippen LogP contribution in [-0.4, -0.2) is 27.3 Å². The molecule has 0 aliphatic rings. The van der Waals surface area contributed by atoms with E-state index in [4.69, 9.17) is 5.11 Å². The number of aromatic carboxylic acids is 2. The topological polar surface area (TPSA) is 94.8 Å². The average Bonchev–Trinajstić information content (AvgIpc) is 3.15. The fourth-order valence-corrected chi connectivity index (χ4v) is 4.06. The number of hydrogen-bond donors (Lipinski definition) is 3. The second-order valence-corrected chi connectivity index (χ2v) is 6.81. The Morgan fingerprint density at radius 3 is 2.09 bits per heavy atom. The highest BCUT2D eigenvalue weighted by Gasteiger charge is 2.19. The van der Waals surface area contributed by atoms with Crippen molar-refractivity contribution in [2.24, 2.45) is 0 Å². The lowest BCUT2D eigenvalue weighted by Gasteiger charge is -2.00. The third-order valence-corrected chi connectivity index (χ3v) is 5.56. The molecule has 0 radical (unpaired) electrons. The number of carbonyl (C=O) groups is 2. The van der Waals surface area contributed by atoms with Gasteiger partial charge in [-0.15, -0.1) is 22.7 Å². The summed E-state index contributed by atoms with van der Waals surface area (Å²) in [6, 6.07) is 11.2. The van der Waals surface area contributed by atoms with E-state index in [1.807, 2.05) is 0 Å². The van der Waals surface area contributed by atoms with E-state index >= 15 is 0 Å². The predicted octanol–water partition coefficient (Wildman–Crippen LogP) is 4.25. The molecule has 3 N–H and O–H groups in total. The van der Waals surface area contributed by atoms with Crippen molar-refractivity contribution in [3.05, 3.63) is 52.2 Å². The van der Waals surface area contributed by atoms with Gasteiger partial charge in [-0.05, 0) is 35.9 Å². The first-order chi connectivity index (χ1) is 11.0. The molecule has 0 bridgehead atoms. The number of benzene rings is 1. The zero-order valence-electron chi connectivity index (χ0n) is 11.5. The van der Waals surface area contributed by atoms with Crippen LogP contribution in [0, 0.1) is 0 Å². The first-order valence-corrected chi connectivity index (χ1v) is 8.09. The van der Waals surface area contributed by atoms with Gasteiger partial charge in [-0.3, -0.25) is 0 Å². The number of hydrogen-bond acceptors (Lipinski definition) is 5. The van der Waals surface area contributed by atoms with Crippen LogP contribution in [0.4, 0.5) is 0 Å². The lowest BCUT2D eigenvalue weighted by Crippen LogP contribution is -1.94. The van der Waals surface area contributed by atoms with Crippen molar-refractivity contribution in [3.63, 3.8) is 0 Å². The van der Waals surface area contributed by atoms with Crippen LogP contribution in [0.15, 0.2) is 42.5 Å². The largest absolute Gasteiger partial charge is 0.508 e.